The van der Waals surface area contributed by atoms with Gasteiger partial charge in [-0.25, -0.2) is 13.2 Å². The zero-order valence-electron chi connectivity index (χ0n) is 20.3. The van der Waals surface area contributed by atoms with Gasteiger partial charge in [0.05, 0.1) is 19.1 Å². The number of carboxylic acid groups (broad SMARTS) is 1. The number of ether oxygens (including phenoxy) is 3. The van der Waals surface area contributed by atoms with Crippen LogP contribution in [0.4, 0.5) is 13.2 Å². The quantitative estimate of drug-likeness (QED) is 0.395. The van der Waals surface area contributed by atoms with Gasteiger partial charge in [0.25, 0.3) is 0 Å². The van der Waals surface area contributed by atoms with E-state index in [1.807, 2.05) is 0 Å². The van der Waals surface area contributed by atoms with Gasteiger partial charge in [-0.3, -0.25) is 4.79 Å². The standard InChI is InChI=1S/C19H31N3O6S.C2HF3O2/c1-26-14-4-10-22(11-7-19(23)21-12-8-20-9-13-21)29(24,25)16-5-6-17(27-2)18(15-16)28-3;3-2(4,5)1(6)7/h5-6,15,20H,4,7-14H2,1-3H3;(H,6,7). The van der Waals surface area contributed by atoms with E-state index in [-0.39, 0.29) is 30.3 Å². The molecule has 0 aromatic heterocycles. The molecular weight excluding hydrogens is 511 g/mol. The Morgan fingerprint density at radius 2 is 1.67 bits per heavy atom. The number of halogens is 3. The van der Waals surface area contributed by atoms with Crippen molar-refractivity contribution in [3.8, 4) is 11.5 Å². The molecule has 0 spiro atoms. The Morgan fingerprint density at radius 1 is 1.08 bits per heavy atom. The molecule has 0 saturated carbocycles. The van der Waals surface area contributed by atoms with E-state index in [0.29, 0.717) is 37.6 Å². The van der Waals surface area contributed by atoms with Crippen LogP contribution >= 0.6 is 0 Å². The van der Waals surface area contributed by atoms with Gasteiger partial charge in [-0.15, -0.1) is 0 Å². The second-order valence-electron chi connectivity index (χ2n) is 7.45. The molecule has 1 saturated heterocycles. The van der Waals surface area contributed by atoms with Crippen molar-refractivity contribution < 1.29 is 50.5 Å². The summed E-state index contributed by atoms with van der Waals surface area (Å²) in [5, 5.41) is 10.3. The van der Waals surface area contributed by atoms with Crippen LogP contribution in [-0.4, -0.2) is 108 Å². The number of nitrogens with one attached hydrogen (secondary N) is 1. The highest BCUT2D eigenvalue weighted by Gasteiger charge is 2.38. The molecule has 0 aliphatic carbocycles. The number of nitrogens with zero attached hydrogens (tertiary/aromatic N) is 2. The van der Waals surface area contributed by atoms with Crippen LogP contribution in [0.3, 0.4) is 0 Å². The molecule has 11 nitrogen and oxygen atoms in total. The van der Waals surface area contributed by atoms with E-state index in [9.17, 15) is 26.4 Å². The van der Waals surface area contributed by atoms with Crippen LogP contribution in [-0.2, 0) is 24.3 Å². The van der Waals surface area contributed by atoms with Crippen molar-refractivity contribution in [2.45, 2.75) is 23.9 Å². The van der Waals surface area contributed by atoms with Gasteiger partial charge in [-0.05, 0) is 18.6 Å². The van der Waals surface area contributed by atoms with Crippen LogP contribution in [0.15, 0.2) is 23.1 Å². The minimum Gasteiger partial charge on any atom is -0.493 e. The highest BCUT2D eigenvalue weighted by molar-refractivity contribution is 7.89. The fourth-order valence-corrected chi connectivity index (χ4v) is 4.65. The van der Waals surface area contributed by atoms with Crippen molar-refractivity contribution in [2.24, 2.45) is 0 Å². The maximum atomic E-state index is 13.2. The average Bonchev–Trinajstić information content (AvgIpc) is 2.85. The molecule has 2 rings (SSSR count). The molecule has 0 atom stereocenters. The topological polar surface area (TPSA) is 135 Å². The van der Waals surface area contributed by atoms with Crippen molar-refractivity contribution >= 4 is 21.9 Å². The van der Waals surface area contributed by atoms with Crippen LogP contribution in [0.1, 0.15) is 12.8 Å². The van der Waals surface area contributed by atoms with E-state index in [1.165, 1.54) is 30.7 Å². The van der Waals surface area contributed by atoms with Crippen LogP contribution in [0, 0.1) is 0 Å². The number of benzene rings is 1. The fraction of sp³-hybridized carbons (Fsp3) is 0.619. The summed E-state index contributed by atoms with van der Waals surface area (Å²) in [6, 6.07) is 4.48. The minimum absolute atomic E-state index is 0.0363. The largest absolute Gasteiger partial charge is 0.493 e. The molecule has 1 aromatic rings. The molecular formula is C21H32F3N3O8S. The van der Waals surface area contributed by atoms with E-state index >= 15 is 0 Å². The lowest BCUT2D eigenvalue weighted by Gasteiger charge is -2.29. The zero-order valence-corrected chi connectivity index (χ0v) is 21.2. The Hall–Kier alpha value is -2.62. The van der Waals surface area contributed by atoms with Crippen molar-refractivity contribution in [1.82, 2.24) is 14.5 Å². The smallest absolute Gasteiger partial charge is 0.490 e. The van der Waals surface area contributed by atoms with Gasteiger partial charge < -0.3 is 29.5 Å². The molecule has 206 valence electrons. The number of carbonyl (C=O) groups is 2. The average molecular weight is 544 g/mol. The number of sulfonamides is 1. The lowest BCUT2D eigenvalue weighted by atomic mass is 10.3. The second-order valence-corrected chi connectivity index (χ2v) is 9.39. The molecule has 1 fully saturated rings. The van der Waals surface area contributed by atoms with E-state index < -0.39 is 22.2 Å². The van der Waals surface area contributed by atoms with Crippen molar-refractivity contribution in [3.63, 3.8) is 0 Å². The fourth-order valence-electron chi connectivity index (χ4n) is 3.16. The summed E-state index contributed by atoms with van der Waals surface area (Å²) in [6.07, 6.45) is -4.41. The number of carboxylic acids is 1. The molecule has 36 heavy (non-hydrogen) atoms. The number of hydrogen-bond acceptors (Lipinski definition) is 8. The molecule has 1 amide bonds. The first-order chi connectivity index (χ1) is 16.9. The Balaban J connectivity index is 0.000000809. The molecule has 0 bridgehead atoms. The van der Waals surface area contributed by atoms with Gasteiger partial charge in [0.15, 0.2) is 11.5 Å². The van der Waals surface area contributed by atoms with Gasteiger partial charge in [-0.2, -0.15) is 17.5 Å². The molecule has 0 radical (unpaired) electrons. The number of hydrogen-bond donors (Lipinski definition) is 2. The lowest BCUT2D eigenvalue weighted by Crippen LogP contribution is -2.47. The molecule has 2 N–H and O–H groups in total. The van der Waals surface area contributed by atoms with Gasteiger partial charge in [-0.1, -0.05) is 0 Å². The summed E-state index contributed by atoms with van der Waals surface area (Å²) in [4.78, 5) is 23.3. The molecule has 1 aliphatic rings. The molecule has 0 unspecified atom stereocenters. The van der Waals surface area contributed by atoms with E-state index in [4.69, 9.17) is 24.1 Å². The van der Waals surface area contributed by atoms with Gasteiger partial charge in [0.2, 0.25) is 15.9 Å². The third-order valence-corrected chi connectivity index (χ3v) is 6.93. The Morgan fingerprint density at radius 3 is 2.17 bits per heavy atom. The van der Waals surface area contributed by atoms with Crippen LogP contribution in [0.5, 0.6) is 11.5 Å². The maximum Gasteiger partial charge on any atom is 0.490 e. The van der Waals surface area contributed by atoms with E-state index in [2.05, 4.69) is 5.32 Å². The van der Waals surface area contributed by atoms with Crippen LogP contribution < -0.4 is 14.8 Å². The summed E-state index contributed by atoms with van der Waals surface area (Å²) in [5.74, 6) is -2.01. The summed E-state index contributed by atoms with van der Waals surface area (Å²) in [5.41, 5.74) is 0. The molecule has 1 aromatic carbocycles. The Kier molecular flexibility index (Phi) is 12.9. The Labute approximate surface area is 208 Å². The van der Waals surface area contributed by atoms with Gasteiger partial charge >= 0.3 is 12.1 Å². The maximum absolute atomic E-state index is 13.2. The van der Waals surface area contributed by atoms with E-state index in [1.54, 1.807) is 18.1 Å². The van der Waals surface area contributed by atoms with Crippen molar-refractivity contribution in [2.75, 3.05) is 67.2 Å². The number of carbonyl (C=O) groups excluding carboxylic acids is 1. The second kappa shape index (κ2) is 14.8. The molecule has 15 heteroatoms. The predicted molar refractivity (Wildman–Crippen MR) is 123 cm³/mol. The number of rotatable bonds is 11. The monoisotopic (exact) mass is 543 g/mol. The summed E-state index contributed by atoms with van der Waals surface area (Å²) < 4.78 is 75.0. The lowest BCUT2D eigenvalue weighted by molar-refractivity contribution is -0.192. The Bertz CT molecular complexity index is 954. The van der Waals surface area contributed by atoms with Crippen LogP contribution in [0.2, 0.25) is 0 Å². The first-order valence-corrected chi connectivity index (χ1v) is 12.3. The summed E-state index contributed by atoms with van der Waals surface area (Å²) in [6.45, 7) is 3.61. The highest BCUT2D eigenvalue weighted by atomic mass is 32.2. The molecule has 1 heterocycles. The number of methoxy groups -OCH3 is 3. The SMILES string of the molecule is COCCCN(CCC(=O)N1CCNCC1)S(=O)(=O)c1ccc(OC)c(OC)c1.O=C(O)C(F)(F)F. The predicted octanol–water partition coefficient (Wildman–Crippen LogP) is 1.19. The third kappa shape index (κ3) is 9.79. The summed E-state index contributed by atoms with van der Waals surface area (Å²) in [7, 11) is 0.710. The highest BCUT2D eigenvalue weighted by Crippen LogP contribution is 2.30. The third-order valence-electron chi connectivity index (χ3n) is 5.04. The van der Waals surface area contributed by atoms with Gasteiger partial charge in [0.1, 0.15) is 0 Å². The zero-order chi connectivity index (χ0) is 27.4. The first-order valence-electron chi connectivity index (χ1n) is 10.9. The molecule has 1 aliphatic heterocycles. The number of aliphatic carboxylic acids is 1. The minimum atomic E-state index is -5.08. The normalized spacial score (nSPS) is 14.1. The van der Waals surface area contributed by atoms with Crippen LogP contribution in [0.25, 0.3) is 0 Å². The van der Waals surface area contributed by atoms with E-state index in [0.717, 1.165) is 13.1 Å². The van der Waals surface area contributed by atoms with Crippen molar-refractivity contribution in [3.05, 3.63) is 18.2 Å². The number of piperazine rings is 1. The van der Waals surface area contributed by atoms with Gasteiger partial charge in [0, 0.05) is 65.5 Å². The summed E-state index contributed by atoms with van der Waals surface area (Å²) >= 11 is 0. The number of amides is 1. The van der Waals surface area contributed by atoms with Crippen molar-refractivity contribution in [1.29, 1.82) is 0 Å². The number of alkyl halides is 3. The first kappa shape index (κ1) is 31.4.